The van der Waals surface area contributed by atoms with Gasteiger partial charge in [0, 0.05) is 16.1 Å². The molecule has 0 aliphatic rings. The minimum absolute atomic E-state index is 0.448. The Labute approximate surface area is 144 Å². The molecule has 5 nitrogen and oxygen atoms in total. The zero-order chi connectivity index (χ0) is 16.9. The van der Waals surface area contributed by atoms with Gasteiger partial charge in [-0.15, -0.1) is 0 Å². The Morgan fingerprint density at radius 3 is 2.54 bits per heavy atom. The Kier molecular flexibility index (Phi) is 4.72. The third kappa shape index (κ3) is 3.52. The van der Waals surface area contributed by atoms with Crippen LogP contribution < -0.4 is 5.32 Å². The average Bonchev–Trinajstić information content (AvgIpc) is 2.62. The topological polar surface area (TPSA) is 64.1 Å². The molecule has 1 N–H and O–H groups in total. The molecule has 0 aliphatic carbocycles. The highest BCUT2D eigenvalue weighted by atomic mass is 35.5. The normalized spacial score (nSPS) is 10.2. The van der Waals surface area contributed by atoms with Crippen LogP contribution in [0.3, 0.4) is 0 Å². The van der Waals surface area contributed by atoms with Crippen LogP contribution in [0, 0.1) is 0 Å². The Bertz CT molecular complexity index is 869. The number of ether oxygens (including phenoxy) is 1. The van der Waals surface area contributed by atoms with Crippen molar-refractivity contribution in [3.05, 3.63) is 65.8 Å². The van der Waals surface area contributed by atoms with E-state index in [1.165, 1.54) is 7.11 Å². The van der Waals surface area contributed by atoms with Gasteiger partial charge in [-0.3, -0.25) is 5.32 Å². The molecule has 0 radical (unpaired) electrons. The number of methoxy groups -OCH3 is 1. The van der Waals surface area contributed by atoms with Crippen LogP contribution >= 0.6 is 11.6 Å². The molecule has 2 aromatic carbocycles. The molecule has 3 rings (SSSR count). The van der Waals surface area contributed by atoms with E-state index >= 15 is 0 Å². The Hall–Kier alpha value is -2.92. The Morgan fingerprint density at radius 1 is 1.08 bits per heavy atom. The summed E-state index contributed by atoms with van der Waals surface area (Å²) in [6.07, 6.45) is 0.969. The lowest BCUT2D eigenvalue weighted by Crippen LogP contribution is -2.13. The van der Waals surface area contributed by atoms with Gasteiger partial charge >= 0.3 is 6.09 Å². The first kappa shape index (κ1) is 16.0. The van der Waals surface area contributed by atoms with Gasteiger partial charge in [-0.05, 0) is 12.1 Å². The molecular formula is C18H14ClN3O2. The Morgan fingerprint density at radius 2 is 1.83 bits per heavy atom. The number of nitrogens with zero attached hydrogens (tertiary/aromatic N) is 2. The lowest BCUT2D eigenvalue weighted by atomic mass is 10.1. The molecule has 0 saturated carbocycles. The van der Waals surface area contributed by atoms with Crippen LogP contribution in [0.25, 0.3) is 22.6 Å². The van der Waals surface area contributed by atoms with E-state index in [0.717, 1.165) is 11.1 Å². The quantitative estimate of drug-likeness (QED) is 0.754. The number of benzene rings is 2. The molecular weight excluding hydrogens is 326 g/mol. The van der Waals surface area contributed by atoms with Gasteiger partial charge in [0.2, 0.25) is 0 Å². The summed E-state index contributed by atoms with van der Waals surface area (Å²) >= 11 is 6.08. The van der Waals surface area contributed by atoms with Crippen LogP contribution in [0.1, 0.15) is 0 Å². The number of carbonyl (C=O) groups is 1. The van der Waals surface area contributed by atoms with E-state index in [1.807, 2.05) is 42.5 Å². The predicted molar refractivity (Wildman–Crippen MR) is 93.9 cm³/mol. The van der Waals surface area contributed by atoms with Crippen molar-refractivity contribution in [1.82, 2.24) is 9.97 Å². The molecule has 0 unspecified atom stereocenters. The Balaban J connectivity index is 2.12. The van der Waals surface area contributed by atoms with Crippen molar-refractivity contribution in [2.75, 3.05) is 12.4 Å². The first-order valence-electron chi connectivity index (χ1n) is 7.21. The summed E-state index contributed by atoms with van der Waals surface area (Å²) in [5, 5.41) is 3.21. The van der Waals surface area contributed by atoms with E-state index in [9.17, 15) is 4.79 Å². The van der Waals surface area contributed by atoms with Crippen molar-refractivity contribution in [1.29, 1.82) is 0 Å². The van der Waals surface area contributed by atoms with E-state index in [1.54, 1.807) is 18.3 Å². The van der Waals surface area contributed by atoms with Gasteiger partial charge in [-0.25, -0.2) is 14.8 Å². The monoisotopic (exact) mass is 339 g/mol. The van der Waals surface area contributed by atoms with E-state index in [2.05, 4.69) is 20.0 Å². The number of halogens is 1. The number of aromatic nitrogens is 2. The molecule has 1 amide bonds. The summed E-state index contributed by atoms with van der Waals surface area (Å²) in [7, 11) is 1.30. The van der Waals surface area contributed by atoms with Crippen LogP contribution in [0.4, 0.5) is 10.5 Å². The van der Waals surface area contributed by atoms with Crippen molar-refractivity contribution < 1.29 is 9.53 Å². The number of rotatable bonds is 3. The van der Waals surface area contributed by atoms with Gasteiger partial charge in [0.1, 0.15) is 0 Å². The van der Waals surface area contributed by atoms with E-state index in [0.29, 0.717) is 22.2 Å². The fourth-order valence-electron chi connectivity index (χ4n) is 2.22. The first-order chi connectivity index (χ1) is 11.7. The van der Waals surface area contributed by atoms with Gasteiger partial charge in [0.25, 0.3) is 0 Å². The van der Waals surface area contributed by atoms with Crippen LogP contribution in [-0.4, -0.2) is 23.2 Å². The lowest BCUT2D eigenvalue weighted by Gasteiger charge is -2.11. The molecule has 0 aliphatic heterocycles. The molecule has 120 valence electrons. The van der Waals surface area contributed by atoms with Crippen LogP contribution in [0.15, 0.2) is 60.8 Å². The van der Waals surface area contributed by atoms with Crippen LogP contribution in [0.5, 0.6) is 0 Å². The summed E-state index contributed by atoms with van der Waals surface area (Å²) in [6.45, 7) is 0. The zero-order valence-corrected chi connectivity index (χ0v) is 13.6. The van der Waals surface area contributed by atoms with Gasteiger partial charge in [-0.2, -0.15) is 0 Å². The highest BCUT2D eigenvalue weighted by molar-refractivity contribution is 6.30. The lowest BCUT2D eigenvalue weighted by molar-refractivity contribution is 0.187. The van der Waals surface area contributed by atoms with E-state index in [4.69, 9.17) is 11.6 Å². The number of amides is 1. The highest BCUT2D eigenvalue weighted by Gasteiger charge is 2.13. The van der Waals surface area contributed by atoms with E-state index < -0.39 is 6.09 Å². The predicted octanol–water partition coefficient (Wildman–Crippen LogP) is 4.64. The summed E-state index contributed by atoms with van der Waals surface area (Å²) in [4.78, 5) is 20.5. The van der Waals surface area contributed by atoms with Crippen LogP contribution in [0.2, 0.25) is 5.02 Å². The fraction of sp³-hybridized carbons (Fsp3) is 0.0556. The third-order valence-electron chi connectivity index (χ3n) is 3.34. The summed E-state index contributed by atoms with van der Waals surface area (Å²) in [5.41, 5.74) is 2.67. The van der Waals surface area contributed by atoms with Crippen LogP contribution in [-0.2, 0) is 4.74 Å². The molecule has 6 heteroatoms. The first-order valence-corrected chi connectivity index (χ1v) is 7.58. The number of carbonyl (C=O) groups excluding carboxylic acids is 1. The summed E-state index contributed by atoms with van der Waals surface area (Å²) in [6, 6.07) is 16.8. The largest absolute Gasteiger partial charge is 0.453 e. The number of anilines is 1. The maximum atomic E-state index is 11.6. The minimum atomic E-state index is -0.589. The third-order valence-corrected chi connectivity index (χ3v) is 3.58. The molecule has 0 saturated heterocycles. The molecule has 3 aromatic rings. The second-order valence-corrected chi connectivity index (χ2v) is 5.39. The maximum absolute atomic E-state index is 11.6. The fourth-order valence-corrected chi connectivity index (χ4v) is 2.41. The number of nitrogens with one attached hydrogen (secondary N) is 1. The van der Waals surface area contributed by atoms with E-state index in [-0.39, 0.29) is 0 Å². The molecule has 1 aromatic heterocycles. The molecule has 0 atom stereocenters. The smallest absolute Gasteiger partial charge is 0.411 e. The molecule has 0 spiro atoms. The van der Waals surface area contributed by atoms with Crippen molar-refractivity contribution >= 4 is 23.4 Å². The van der Waals surface area contributed by atoms with Crippen molar-refractivity contribution in [2.24, 2.45) is 0 Å². The number of hydrogen-bond acceptors (Lipinski definition) is 4. The van der Waals surface area contributed by atoms with Crippen molar-refractivity contribution in [2.45, 2.75) is 0 Å². The average molecular weight is 340 g/mol. The zero-order valence-electron chi connectivity index (χ0n) is 12.9. The van der Waals surface area contributed by atoms with Crippen molar-refractivity contribution in [3.63, 3.8) is 0 Å². The molecule has 0 bridgehead atoms. The standard InChI is InChI=1S/C18H14ClN3O2/c1-24-18(23)21-15-11-20-17(12-6-3-2-4-7-12)22-16(15)13-8-5-9-14(19)10-13/h2-11H,1H3,(H,21,23). The molecule has 1 heterocycles. The minimum Gasteiger partial charge on any atom is -0.453 e. The van der Waals surface area contributed by atoms with Crippen molar-refractivity contribution in [3.8, 4) is 22.6 Å². The van der Waals surface area contributed by atoms with Gasteiger partial charge in [-0.1, -0.05) is 54.1 Å². The SMILES string of the molecule is COC(=O)Nc1cnc(-c2ccccc2)nc1-c1cccc(Cl)c1. The second kappa shape index (κ2) is 7.10. The molecule has 24 heavy (non-hydrogen) atoms. The summed E-state index contributed by atoms with van der Waals surface area (Å²) in [5.74, 6) is 0.556. The highest BCUT2D eigenvalue weighted by Crippen LogP contribution is 2.29. The maximum Gasteiger partial charge on any atom is 0.411 e. The van der Waals surface area contributed by atoms with Gasteiger partial charge < -0.3 is 4.74 Å². The van der Waals surface area contributed by atoms with Gasteiger partial charge in [0.05, 0.1) is 24.7 Å². The van der Waals surface area contributed by atoms with Gasteiger partial charge in [0.15, 0.2) is 5.82 Å². The second-order valence-electron chi connectivity index (χ2n) is 4.95. The number of hydrogen-bond donors (Lipinski definition) is 1. The molecule has 0 fully saturated rings. The summed E-state index contributed by atoms with van der Waals surface area (Å²) < 4.78 is 4.65.